The Morgan fingerprint density at radius 1 is 0.700 bits per heavy atom. The molecule has 0 aliphatic heterocycles. The van der Waals surface area contributed by atoms with E-state index in [1.807, 2.05) is 0 Å². The zero-order valence-corrected chi connectivity index (χ0v) is 12.4. The van der Waals surface area contributed by atoms with Crippen LogP contribution in [0.5, 0.6) is 0 Å². The zero-order valence-electron chi connectivity index (χ0n) is 11.0. The molecule has 1 atom stereocenters. The average molecular weight is 288 g/mol. The van der Waals surface area contributed by atoms with Gasteiger partial charge in [-0.2, -0.15) is 9.90 Å². The summed E-state index contributed by atoms with van der Waals surface area (Å²) >= 11 is 0. The SMILES string of the molecule is N=C=O.N=C=O.P.c1ccc(Cc2ccccc2)cc1. The molecule has 0 radical (unpaired) electrons. The Morgan fingerprint density at radius 3 is 1.20 bits per heavy atom. The van der Waals surface area contributed by atoms with Gasteiger partial charge in [0.05, 0.1) is 0 Å². The van der Waals surface area contributed by atoms with Crippen LogP contribution in [-0.4, -0.2) is 12.2 Å². The summed E-state index contributed by atoms with van der Waals surface area (Å²) in [6, 6.07) is 21.1. The van der Waals surface area contributed by atoms with Crippen molar-refractivity contribution in [1.82, 2.24) is 0 Å². The lowest BCUT2D eigenvalue weighted by molar-refractivity contribution is 0.562. The predicted octanol–water partition coefficient (Wildman–Crippen LogP) is 3.14. The highest BCUT2D eigenvalue weighted by Gasteiger charge is 1.92. The minimum atomic E-state index is 0. The minimum Gasteiger partial charge on any atom is -0.222 e. The maximum absolute atomic E-state index is 8.35. The highest BCUT2D eigenvalue weighted by molar-refractivity contribution is 6.92. The van der Waals surface area contributed by atoms with Crippen molar-refractivity contribution in [3.63, 3.8) is 0 Å². The van der Waals surface area contributed by atoms with E-state index < -0.39 is 0 Å². The van der Waals surface area contributed by atoms with Crippen molar-refractivity contribution in [2.45, 2.75) is 6.42 Å². The Bertz CT molecular complexity index is 469. The van der Waals surface area contributed by atoms with E-state index in [1.165, 1.54) is 11.1 Å². The summed E-state index contributed by atoms with van der Waals surface area (Å²) in [5, 5.41) is 10.8. The highest BCUT2D eigenvalue weighted by Crippen LogP contribution is 2.07. The van der Waals surface area contributed by atoms with E-state index in [0.29, 0.717) is 0 Å². The van der Waals surface area contributed by atoms with E-state index in [4.69, 9.17) is 20.4 Å². The van der Waals surface area contributed by atoms with Crippen LogP contribution in [0, 0.1) is 10.8 Å². The Hall–Kier alpha value is -2.37. The van der Waals surface area contributed by atoms with Crippen molar-refractivity contribution >= 4 is 22.1 Å². The first-order chi connectivity index (χ1) is 9.28. The summed E-state index contributed by atoms with van der Waals surface area (Å²) in [7, 11) is 0. The van der Waals surface area contributed by atoms with Gasteiger partial charge in [0.1, 0.15) is 0 Å². The van der Waals surface area contributed by atoms with Crippen LogP contribution in [0.1, 0.15) is 11.1 Å². The van der Waals surface area contributed by atoms with Gasteiger partial charge < -0.3 is 0 Å². The largest absolute Gasteiger partial charge is 0.231 e. The summed E-state index contributed by atoms with van der Waals surface area (Å²) in [5.41, 5.74) is 2.74. The fraction of sp³-hybridized carbons (Fsp3) is 0.0667. The van der Waals surface area contributed by atoms with Crippen molar-refractivity contribution in [2.24, 2.45) is 0 Å². The molecule has 0 aliphatic carbocycles. The second-order valence-electron chi connectivity index (χ2n) is 3.35. The predicted molar refractivity (Wildman–Crippen MR) is 83.6 cm³/mol. The summed E-state index contributed by atoms with van der Waals surface area (Å²) in [5.74, 6) is 0. The lowest BCUT2D eigenvalue weighted by Crippen LogP contribution is -1.85. The molecule has 2 aromatic rings. The topological polar surface area (TPSA) is 81.8 Å². The molecule has 0 saturated heterocycles. The van der Waals surface area contributed by atoms with Gasteiger partial charge in [0.2, 0.25) is 12.2 Å². The number of rotatable bonds is 2. The van der Waals surface area contributed by atoms with E-state index in [0.717, 1.165) is 18.6 Å². The second kappa shape index (κ2) is 14.7. The molecule has 5 heteroatoms. The van der Waals surface area contributed by atoms with Gasteiger partial charge in [-0.15, -0.1) is 0 Å². The maximum atomic E-state index is 8.35. The van der Waals surface area contributed by atoms with Crippen molar-refractivity contribution in [1.29, 1.82) is 10.8 Å². The Morgan fingerprint density at radius 2 is 0.950 bits per heavy atom. The van der Waals surface area contributed by atoms with Crippen molar-refractivity contribution in [3.8, 4) is 0 Å². The molecule has 2 N–H and O–H groups in total. The molecule has 0 aromatic heterocycles. The molecule has 0 fully saturated rings. The van der Waals surface area contributed by atoms with Crippen LogP contribution in [0.15, 0.2) is 60.7 Å². The van der Waals surface area contributed by atoms with Crippen LogP contribution in [-0.2, 0) is 16.0 Å². The standard InChI is InChI=1S/C13H12.2CHNO.H3P/c1-3-7-12(8-4-1)11-13-9-5-2-6-10-13;2*2-1-3;/h1-10H,11H2;2*2H;1H3. The number of isocyanates is 2. The Balaban J connectivity index is 0. The highest BCUT2D eigenvalue weighted by atomic mass is 31.0. The molecule has 0 spiro atoms. The lowest BCUT2D eigenvalue weighted by Gasteiger charge is -2.00. The van der Waals surface area contributed by atoms with Crippen LogP contribution < -0.4 is 0 Å². The third kappa shape index (κ3) is 10.8. The molecule has 1 unspecified atom stereocenters. The fourth-order valence-electron chi connectivity index (χ4n) is 1.43. The van der Waals surface area contributed by atoms with Gasteiger partial charge in [-0.05, 0) is 17.5 Å². The summed E-state index contributed by atoms with van der Waals surface area (Å²) < 4.78 is 0. The number of benzene rings is 2. The third-order valence-electron chi connectivity index (χ3n) is 2.09. The number of hydrogen-bond acceptors (Lipinski definition) is 4. The molecule has 4 nitrogen and oxygen atoms in total. The molecule has 0 bridgehead atoms. The molecule has 20 heavy (non-hydrogen) atoms. The summed E-state index contributed by atoms with van der Waals surface area (Å²) in [6.07, 6.45) is 2.53. The van der Waals surface area contributed by atoms with Crippen molar-refractivity contribution in [3.05, 3.63) is 71.8 Å². The Labute approximate surface area is 121 Å². The molecular formula is C15H17N2O2P. The summed E-state index contributed by atoms with van der Waals surface area (Å²) in [6.45, 7) is 0. The monoisotopic (exact) mass is 288 g/mol. The van der Waals surface area contributed by atoms with Gasteiger partial charge in [-0.3, -0.25) is 0 Å². The van der Waals surface area contributed by atoms with E-state index in [9.17, 15) is 0 Å². The normalized spacial score (nSPS) is 7.20. The molecule has 0 amide bonds. The molecule has 0 saturated carbocycles. The zero-order chi connectivity index (χ0) is 14.3. The van der Waals surface area contributed by atoms with Crippen LogP contribution in [0.4, 0.5) is 0 Å². The minimum absolute atomic E-state index is 0. The lowest BCUT2D eigenvalue weighted by atomic mass is 10.1. The number of nitrogens with one attached hydrogen (secondary N) is 2. The van der Waals surface area contributed by atoms with Crippen molar-refractivity contribution in [2.75, 3.05) is 0 Å². The van der Waals surface area contributed by atoms with Crippen LogP contribution in [0.3, 0.4) is 0 Å². The van der Waals surface area contributed by atoms with Crippen LogP contribution in [0.2, 0.25) is 0 Å². The van der Waals surface area contributed by atoms with Gasteiger partial charge in [-0.1, -0.05) is 60.7 Å². The molecule has 0 heterocycles. The second-order valence-corrected chi connectivity index (χ2v) is 3.35. The quantitative estimate of drug-likeness (QED) is 0.505. The van der Waals surface area contributed by atoms with Crippen molar-refractivity contribution < 1.29 is 9.59 Å². The van der Waals surface area contributed by atoms with E-state index in [1.54, 1.807) is 0 Å². The van der Waals surface area contributed by atoms with Gasteiger partial charge >= 0.3 is 0 Å². The molecular weight excluding hydrogens is 271 g/mol. The van der Waals surface area contributed by atoms with E-state index in [-0.39, 0.29) is 9.90 Å². The first-order valence-corrected chi connectivity index (χ1v) is 5.44. The smallest absolute Gasteiger partial charge is 0.222 e. The van der Waals surface area contributed by atoms with Gasteiger partial charge in [0.15, 0.2) is 0 Å². The van der Waals surface area contributed by atoms with Gasteiger partial charge in [0, 0.05) is 0 Å². The van der Waals surface area contributed by atoms with Gasteiger partial charge in [-0.25, -0.2) is 20.4 Å². The fourth-order valence-corrected chi connectivity index (χ4v) is 1.43. The van der Waals surface area contributed by atoms with E-state index >= 15 is 0 Å². The summed E-state index contributed by atoms with van der Waals surface area (Å²) in [4.78, 5) is 16.7. The third-order valence-corrected chi connectivity index (χ3v) is 2.09. The molecule has 104 valence electrons. The van der Waals surface area contributed by atoms with Crippen LogP contribution in [0.25, 0.3) is 0 Å². The number of carbonyl (C=O) groups excluding carboxylic acids is 2. The molecule has 2 rings (SSSR count). The first-order valence-electron chi connectivity index (χ1n) is 5.44. The number of hydrogen-bond donors (Lipinski definition) is 2. The van der Waals surface area contributed by atoms with Gasteiger partial charge in [0.25, 0.3) is 0 Å². The molecule has 2 aromatic carbocycles. The average Bonchev–Trinajstić information content (AvgIpc) is 2.43. The van der Waals surface area contributed by atoms with Crippen LogP contribution >= 0.6 is 9.90 Å². The first kappa shape index (κ1) is 20.0. The molecule has 0 aliphatic rings. The maximum Gasteiger partial charge on any atom is 0.231 e. The van der Waals surface area contributed by atoms with E-state index in [2.05, 4.69) is 60.7 Å². The Kier molecular flexibility index (Phi) is 14.7.